The zero-order valence-corrected chi connectivity index (χ0v) is 13.6. The van der Waals surface area contributed by atoms with Crippen molar-refractivity contribution in [2.24, 2.45) is 5.92 Å². The zero-order valence-electron chi connectivity index (χ0n) is 13.6. The van der Waals surface area contributed by atoms with Crippen molar-refractivity contribution in [1.82, 2.24) is 4.90 Å². The zero-order chi connectivity index (χ0) is 17.2. The van der Waals surface area contributed by atoms with Gasteiger partial charge in [0.1, 0.15) is 5.75 Å². The molecule has 0 radical (unpaired) electrons. The third-order valence-electron chi connectivity index (χ3n) is 4.75. The lowest BCUT2D eigenvalue weighted by Crippen LogP contribution is -2.39. The van der Waals surface area contributed by atoms with Crippen LogP contribution in [0.3, 0.4) is 0 Å². The minimum atomic E-state index is -4.65. The Morgan fingerprint density at radius 2 is 1.67 bits per heavy atom. The number of halogens is 3. The van der Waals surface area contributed by atoms with Crippen LogP contribution in [0.4, 0.5) is 13.2 Å². The number of alkyl halides is 3. The maximum atomic E-state index is 12.2. The first-order valence-electron chi connectivity index (χ1n) is 8.25. The fraction of sp³-hybridized carbons (Fsp3) is 0.647. The molecule has 1 atom stereocenters. The molecule has 1 aromatic carbocycles. The Morgan fingerprint density at radius 1 is 1.08 bits per heavy atom. The maximum absolute atomic E-state index is 12.2. The minimum absolute atomic E-state index is 0.0683. The van der Waals surface area contributed by atoms with Gasteiger partial charge in [0.2, 0.25) is 0 Å². The van der Waals surface area contributed by atoms with Gasteiger partial charge in [0, 0.05) is 12.0 Å². The number of piperidine rings is 1. The summed E-state index contributed by atoms with van der Waals surface area (Å²) in [6, 6.07) is 6.27. The highest BCUT2D eigenvalue weighted by Gasteiger charge is 2.32. The smallest absolute Gasteiger partial charge is 0.406 e. The Balaban J connectivity index is 1.54. The molecular formula is C17H22F3NO3. The minimum Gasteiger partial charge on any atom is -0.406 e. The normalized spacial score (nSPS) is 22.7. The summed E-state index contributed by atoms with van der Waals surface area (Å²) in [6.45, 7) is 5.27. The summed E-state index contributed by atoms with van der Waals surface area (Å²) >= 11 is 0. The molecule has 24 heavy (non-hydrogen) atoms. The third kappa shape index (κ3) is 4.40. The highest BCUT2D eigenvalue weighted by molar-refractivity contribution is 5.29. The van der Waals surface area contributed by atoms with E-state index in [2.05, 4.69) is 16.6 Å². The van der Waals surface area contributed by atoms with Crippen molar-refractivity contribution in [2.45, 2.75) is 38.5 Å². The van der Waals surface area contributed by atoms with Gasteiger partial charge in [-0.2, -0.15) is 0 Å². The van der Waals surface area contributed by atoms with E-state index in [9.17, 15) is 13.2 Å². The summed E-state index contributed by atoms with van der Waals surface area (Å²) in [5.74, 6) is 0.242. The van der Waals surface area contributed by atoms with Gasteiger partial charge in [0.05, 0.1) is 13.2 Å². The fourth-order valence-electron chi connectivity index (χ4n) is 3.39. The lowest BCUT2D eigenvalue weighted by atomic mass is 9.94. The fourth-order valence-corrected chi connectivity index (χ4v) is 3.39. The van der Waals surface area contributed by atoms with Crippen LogP contribution in [0, 0.1) is 5.92 Å². The average Bonchev–Trinajstić information content (AvgIpc) is 3.08. The Morgan fingerprint density at radius 3 is 2.21 bits per heavy atom. The van der Waals surface area contributed by atoms with E-state index in [4.69, 9.17) is 9.47 Å². The predicted octanol–water partition coefficient (Wildman–Crippen LogP) is 3.73. The summed E-state index contributed by atoms with van der Waals surface area (Å²) in [5.41, 5.74) is 0.983. The van der Waals surface area contributed by atoms with E-state index in [0.29, 0.717) is 19.1 Å². The van der Waals surface area contributed by atoms with Crippen LogP contribution in [0.25, 0.3) is 0 Å². The van der Waals surface area contributed by atoms with Gasteiger partial charge in [-0.15, -0.1) is 13.2 Å². The number of benzene rings is 1. The van der Waals surface area contributed by atoms with Gasteiger partial charge in [0.15, 0.2) is 6.29 Å². The molecule has 0 bridgehead atoms. The molecule has 0 spiro atoms. The maximum Gasteiger partial charge on any atom is 0.573 e. The van der Waals surface area contributed by atoms with Gasteiger partial charge in [0.25, 0.3) is 0 Å². The Labute approximate surface area is 139 Å². The van der Waals surface area contributed by atoms with Gasteiger partial charge in [-0.05, 0) is 50.6 Å². The van der Waals surface area contributed by atoms with Gasteiger partial charge in [-0.3, -0.25) is 4.90 Å². The molecule has 3 rings (SSSR count). The number of ether oxygens (including phenoxy) is 3. The summed E-state index contributed by atoms with van der Waals surface area (Å²) in [6.07, 6.45) is -2.71. The molecule has 2 saturated heterocycles. The first-order chi connectivity index (χ1) is 11.4. The first kappa shape index (κ1) is 17.5. The second-order valence-corrected chi connectivity index (χ2v) is 6.28. The molecule has 2 aliphatic heterocycles. The van der Waals surface area contributed by atoms with Crippen molar-refractivity contribution in [2.75, 3.05) is 26.3 Å². The summed E-state index contributed by atoms with van der Waals surface area (Å²) in [5, 5.41) is 0. The topological polar surface area (TPSA) is 30.9 Å². The SMILES string of the molecule is CC(c1ccc(OC(F)(F)F)cc1)N1CCC(C2OCCO2)CC1. The lowest BCUT2D eigenvalue weighted by molar-refractivity contribution is -0.274. The van der Waals surface area contributed by atoms with Crippen LogP contribution in [-0.2, 0) is 9.47 Å². The largest absolute Gasteiger partial charge is 0.573 e. The van der Waals surface area contributed by atoms with Crippen LogP contribution in [0.15, 0.2) is 24.3 Å². The van der Waals surface area contributed by atoms with Crippen molar-refractivity contribution in [3.8, 4) is 5.75 Å². The van der Waals surface area contributed by atoms with Crippen LogP contribution in [0.2, 0.25) is 0 Å². The number of hydrogen-bond donors (Lipinski definition) is 0. The number of likely N-dealkylation sites (tertiary alicyclic amines) is 1. The summed E-state index contributed by atoms with van der Waals surface area (Å²) in [7, 11) is 0. The molecule has 0 amide bonds. The molecule has 1 aromatic rings. The van der Waals surface area contributed by atoms with Crippen LogP contribution in [0.1, 0.15) is 31.4 Å². The Hall–Kier alpha value is -1.31. The van der Waals surface area contributed by atoms with Crippen molar-refractivity contribution >= 4 is 0 Å². The van der Waals surface area contributed by atoms with E-state index < -0.39 is 6.36 Å². The predicted molar refractivity (Wildman–Crippen MR) is 81.5 cm³/mol. The van der Waals surface area contributed by atoms with Crippen LogP contribution in [-0.4, -0.2) is 43.9 Å². The van der Waals surface area contributed by atoms with E-state index in [1.54, 1.807) is 12.1 Å². The van der Waals surface area contributed by atoms with Crippen LogP contribution < -0.4 is 4.74 Å². The van der Waals surface area contributed by atoms with Gasteiger partial charge < -0.3 is 14.2 Å². The Kier molecular flexibility index (Phi) is 5.32. The molecule has 2 fully saturated rings. The highest BCUT2D eigenvalue weighted by Crippen LogP contribution is 2.31. The first-order valence-corrected chi connectivity index (χ1v) is 8.25. The number of rotatable bonds is 4. The second kappa shape index (κ2) is 7.29. The van der Waals surface area contributed by atoms with E-state index in [1.165, 1.54) is 12.1 Å². The molecule has 4 nitrogen and oxygen atoms in total. The molecule has 1 unspecified atom stereocenters. The molecule has 0 N–H and O–H groups in total. The number of nitrogens with zero attached hydrogens (tertiary/aromatic N) is 1. The van der Waals surface area contributed by atoms with Gasteiger partial charge in [-0.1, -0.05) is 12.1 Å². The van der Waals surface area contributed by atoms with Crippen LogP contribution >= 0.6 is 0 Å². The molecule has 2 aliphatic rings. The summed E-state index contributed by atoms with van der Waals surface area (Å²) < 4.78 is 51.7. The monoisotopic (exact) mass is 345 g/mol. The van der Waals surface area contributed by atoms with E-state index in [0.717, 1.165) is 31.5 Å². The highest BCUT2D eigenvalue weighted by atomic mass is 19.4. The molecule has 0 aromatic heterocycles. The van der Waals surface area contributed by atoms with Crippen molar-refractivity contribution in [3.05, 3.63) is 29.8 Å². The lowest BCUT2D eigenvalue weighted by Gasteiger charge is -2.37. The van der Waals surface area contributed by atoms with Crippen molar-refractivity contribution < 1.29 is 27.4 Å². The number of hydrogen-bond acceptors (Lipinski definition) is 4. The Bertz CT molecular complexity index is 521. The van der Waals surface area contributed by atoms with E-state index in [-0.39, 0.29) is 18.1 Å². The van der Waals surface area contributed by atoms with Crippen molar-refractivity contribution in [1.29, 1.82) is 0 Å². The average molecular weight is 345 g/mol. The standard InChI is InChI=1S/C17H22F3NO3/c1-12(13-2-4-15(5-3-13)24-17(18,19)20)21-8-6-14(7-9-21)16-22-10-11-23-16/h2-5,12,14,16H,6-11H2,1H3. The molecule has 0 saturated carbocycles. The van der Waals surface area contributed by atoms with Gasteiger partial charge >= 0.3 is 6.36 Å². The quantitative estimate of drug-likeness (QED) is 0.832. The molecule has 2 heterocycles. The third-order valence-corrected chi connectivity index (χ3v) is 4.75. The molecule has 7 heteroatoms. The molecular weight excluding hydrogens is 323 g/mol. The van der Waals surface area contributed by atoms with Gasteiger partial charge in [-0.25, -0.2) is 0 Å². The molecule has 0 aliphatic carbocycles. The van der Waals surface area contributed by atoms with E-state index in [1.807, 2.05) is 0 Å². The molecule has 134 valence electrons. The summed E-state index contributed by atoms with van der Waals surface area (Å²) in [4.78, 5) is 2.34. The van der Waals surface area contributed by atoms with E-state index >= 15 is 0 Å². The van der Waals surface area contributed by atoms with Crippen molar-refractivity contribution in [3.63, 3.8) is 0 Å². The van der Waals surface area contributed by atoms with Crippen LogP contribution in [0.5, 0.6) is 5.75 Å². The second-order valence-electron chi connectivity index (χ2n) is 6.28.